The van der Waals surface area contributed by atoms with E-state index >= 15 is 0 Å². The molecule has 0 aliphatic rings. The van der Waals surface area contributed by atoms with Crippen molar-refractivity contribution < 1.29 is 8.42 Å². The minimum Gasteiger partial charge on any atom is -0.339 e. The van der Waals surface area contributed by atoms with Gasteiger partial charge in [0.05, 0.1) is 0 Å². The maximum atomic E-state index is 12.3. The summed E-state index contributed by atoms with van der Waals surface area (Å²) in [6.07, 6.45) is 0.795. The molecule has 0 radical (unpaired) electrons. The summed E-state index contributed by atoms with van der Waals surface area (Å²) in [5.74, 6) is 0.637. The molecule has 0 bridgehead atoms. The fourth-order valence-corrected chi connectivity index (χ4v) is 4.53. The Hall–Kier alpha value is -2.16. The number of sulfonamides is 1. The lowest BCUT2D eigenvalue weighted by Gasteiger charge is -2.07. The maximum Gasteiger partial charge on any atom is 0.272 e. The van der Waals surface area contributed by atoms with Crippen LogP contribution in [0.3, 0.4) is 0 Å². The Kier molecular flexibility index (Phi) is 5.22. The Morgan fingerprint density at radius 3 is 2.48 bits per heavy atom. The average Bonchev–Trinajstić information content (AvgIpc) is 3.07. The molecule has 130 valence electrons. The van der Waals surface area contributed by atoms with Gasteiger partial charge in [0.15, 0.2) is 11.6 Å². The number of aromatic nitrogens is 2. The van der Waals surface area contributed by atoms with Crippen molar-refractivity contribution in [3.8, 4) is 0 Å². The van der Waals surface area contributed by atoms with E-state index in [2.05, 4.69) is 20.2 Å². The smallest absolute Gasteiger partial charge is 0.272 e. The van der Waals surface area contributed by atoms with E-state index in [-0.39, 0.29) is 10.0 Å². The molecule has 6 nitrogen and oxygen atoms in total. The Labute approximate surface area is 154 Å². The van der Waals surface area contributed by atoms with Gasteiger partial charge in [-0.2, -0.15) is 0 Å². The van der Waals surface area contributed by atoms with Crippen molar-refractivity contribution in [2.45, 2.75) is 17.6 Å². The van der Waals surface area contributed by atoms with Gasteiger partial charge in [-0.3, -0.25) is 4.72 Å². The number of benzene rings is 1. The molecule has 2 N–H and O–H groups in total. The molecule has 0 spiro atoms. The second-order valence-corrected chi connectivity index (χ2v) is 8.63. The topological polar surface area (TPSA) is 84.0 Å². The molecule has 2 heterocycles. The summed E-state index contributed by atoms with van der Waals surface area (Å²) in [5.41, 5.74) is 0.765. The number of aryl methyl sites for hydroxylation is 1. The van der Waals surface area contributed by atoms with E-state index < -0.39 is 10.0 Å². The Bertz CT molecular complexity index is 972. The highest BCUT2D eigenvalue weighted by molar-refractivity contribution is 7.94. The third kappa shape index (κ3) is 4.47. The first-order valence-corrected chi connectivity index (χ1v) is 10.1. The zero-order chi connectivity index (χ0) is 17.9. The number of anilines is 3. The van der Waals surface area contributed by atoms with Crippen LogP contribution in [0.1, 0.15) is 11.8 Å². The summed E-state index contributed by atoms with van der Waals surface area (Å²) >= 11 is 7.17. The molecular weight excluding hydrogens is 380 g/mol. The first-order chi connectivity index (χ1) is 12.0. The van der Waals surface area contributed by atoms with Crippen LogP contribution in [0.4, 0.5) is 17.3 Å². The highest BCUT2D eigenvalue weighted by Crippen LogP contribution is 2.24. The lowest BCUT2D eigenvalue weighted by molar-refractivity contribution is 0.603. The standard InChI is InChI=1S/C16H15ClN4O2S2/c1-2-13-6-9-16(24-13)25(22,23)21-15-8-7-14(19-20-15)18-12-5-3-4-11(17)10-12/h3-10H,2H2,1H3,(H,18,19)(H,20,21). The molecule has 0 saturated heterocycles. The summed E-state index contributed by atoms with van der Waals surface area (Å²) in [6, 6.07) is 13.8. The normalized spacial score (nSPS) is 11.3. The highest BCUT2D eigenvalue weighted by Gasteiger charge is 2.17. The van der Waals surface area contributed by atoms with Crippen LogP contribution in [0.5, 0.6) is 0 Å². The van der Waals surface area contributed by atoms with Crippen LogP contribution in [0.2, 0.25) is 5.02 Å². The van der Waals surface area contributed by atoms with Gasteiger partial charge in [0.1, 0.15) is 4.21 Å². The molecule has 25 heavy (non-hydrogen) atoms. The molecule has 0 aliphatic heterocycles. The predicted molar refractivity (Wildman–Crippen MR) is 101 cm³/mol. The minimum atomic E-state index is -3.65. The van der Waals surface area contributed by atoms with Crippen molar-refractivity contribution >= 4 is 50.3 Å². The van der Waals surface area contributed by atoms with Crippen LogP contribution < -0.4 is 10.0 Å². The fraction of sp³-hybridized carbons (Fsp3) is 0.125. The van der Waals surface area contributed by atoms with Gasteiger partial charge >= 0.3 is 0 Å². The lowest BCUT2D eigenvalue weighted by Crippen LogP contribution is -2.13. The number of thiophene rings is 1. The molecule has 0 aliphatic carbocycles. The number of hydrogen-bond acceptors (Lipinski definition) is 6. The summed E-state index contributed by atoms with van der Waals surface area (Å²) in [7, 11) is -3.65. The van der Waals surface area contributed by atoms with Crippen LogP contribution >= 0.6 is 22.9 Å². The Morgan fingerprint density at radius 2 is 1.84 bits per heavy atom. The van der Waals surface area contributed by atoms with Gasteiger partial charge in [-0.25, -0.2) is 8.42 Å². The van der Waals surface area contributed by atoms with E-state index in [1.165, 1.54) is 11.3 Å². The third-order valence-electron chi connectivity index (χ3n) is 3.25. The van der Waals surface area contributed by atoms with E-state index in [1.807, 2.05) is 25.1 Å². The maximum absolute atomic E-state index is 12.3. The van der Waals surface area contributed by atoms with E-state index in [0.29, 0.717) is 10.8 Å². The second-order valence-electron chi connectivity index (χ2n) is 5.12. The van der Waals surface area contributed by atoms with E-state index in [4.69, 9.17) is 11.6 Å². The number of nitrogens with one attached hydrogen (secondary N) is 2. The van der Waals surface area contributed by atoms with Crippen LogP contribution in [0, 0.1) is 0 Å². The molecule has 9 heteroatoms. The van der Waals surface area contributed by atoms with E-state index in [9.17, 15) is 8.42 Å². The van der Waals surface area contributed by atoms with Crippen LogP contribution in [0.15, 0.2) is 52.7 Å². The third-order valence-corrected chi connectivity index (χ3v) is 6.56. The molecule has 3 rings (SSSR count). The van der Waals surface area contributed by atoms with Crippen molar-refractivity contribution in [1.29, 1.82) is 0 Å². The largest absolute Gasteiger partial charge is 0.339 e. The lowest BCUT2D eigenvalue weighted by atomic mass is 10.3. The summed E-state index contributed by atoms with van der Waals surface area (Å²) in [6.45, 7) is 1.98. The van der Waals surface area contributed by atoms with Crippen LogP contribution in [-0.4, -0.2) is 18.6 Å². The quantitative estimate of drug-likeness (QED) is 0.651. The van der Waals surface area contributed by atoms with Gasteiger partial charge in [0.2, 0.25) is 0 Å². The molecular formula is C16H15ClN4O2S2. The van der Waals surface area contributed by atoms with E-state index in [0.717, 1.165) is 17.0 Å². The minimum absolute atomic E-state index is 0.156. The SMILES string of the molecule is CCc1ccc(S(=O)(=O)Nc2ccc(Nc3cccc(Cl)c3)nn2)s1. The summed E-state index contributed by atoms with van der Waals surface area (Å²) in [5, 5.41) is 11.5. The fourth-order valence-electron chi connectivity index (χ4n) is 2.05. The van der Waals surface area contributed by atoms with E-state index in [1.54, 1.807) is 30.3 Å². The van der Waals surface area contributed by atoms with Gasteiger partial charge in [0, 0.05) is 15.6 Å². The Morgan fingerprint density at radius 1 is 1.08 bits per heavy atom. The number of hydrogen-bond donors (Lipinski definition) is 2. The van der Waals surface area contributed by atoms with Gasteiger partial charge < -0.3 is 5.32 Å². The molecule has 1 aromatic carbocycles. The average molecular weight is 395 g/mol. The van der Waals surface area contributed by atoms with Crippen molar-refractivity contribution in [2.24, 2.45) is 0 Å². The molecule has 0 saturated carbocycles. The summed E-state index contributed by atoms with van der Waals surface area (Å²) in [4.78, 5) is 1.01. The highest BCUT2D eigenvalue weighted by atomic mass is 35.5. The predicted octanol–water partition coefficient (Wildman–Crippen LogP) is 4.30. The molecule has 0 fully saturated rings. The first kappa shape index (κ1) is 17.7. The number of nitrogens with zero attached hydrogens (tertiary/aromatic N) is 2. The van der Waals surface area contributed by atoms with Gasteiger partial charge in [-0.05, 0) is 48.9 Å². The van der Waals surface area contributed by atoms with Gasteiger partial charge in [-0.15, -0.1) is 21.5 Å². The number of rotatable bonds is 6. The molecule has 3 aromatic rings. The van der Waals surface area contributed by atoms with Gasteiger partial charge in [-0.1, -0.05) is 24.6 Å². The molecule has 0 amide bonds. The zero-order valence-corrected chi connectivity index (χ0v) is 15.6. The first-order valence-electron chi connectivity index (χ1n) is 7.44. The van der Waals surface area contributed by atoms with Gasteiger partial charge in [0.25, 0.3) is 10.0 Å². The van der Waals surface area contributed by atoms with Crippen molar-refractivity contribution in [3.63, 3.8) is 0 Å². The zero-order valence-electron chi connectivity index (χ0n) is 13.2. The van der Waals surface area contributed by atoms with Crippen molar-refractivity contribution in [3.05, 3.63) is 58.4 Å². The summed E-state index contributed by atoms with van der Waals surface area (Å²) < 4.78 is 27.4. The van der Waals surface area contributed by atoms with Crippen LogP contribution in [-0.2, 0) is 16.4 Å². The van der Waals surface area contributed by atoms with Crippen LogP contribution in [0.25, 0.3) is 0 Å². The monoisotopic (exact) mass is 394 g/mol. The Balaban J connectivity index is 1.72. The molecule has 0 atom stereocenters. The molecule has 0 unspecified atom stereocenters. The van der Waals surface area contributed by atoms with Crippen molar-refractivity contribution in [2.75, 3.05) is 10.0 Å². The second kappa shape index (κ2) is 7.38. The number of halogens is 1. The molecule has 2 aromatic heterocycles. The van der Waals surface area contributed by atoms with Crippen molar-refractivity contribution in [1.82, 2.24) is 10.2 Å².